The summed E-state index contributed by atoms with van der Waals surface area (Å²) in [5.41, 5.74) is 6.52. The van der Waals surface area contributed by atoms with E-state index in [2.05, 4.69) is 30.6 Å². The summed E-state index contributed by atoms with van der Waals surface area (Å²) in [6.07, 6.45) is 5.58. The summed E-state index contributed by atoms with van der Waals surface area (Å²) in [5.74, 6) is 0. The summed E-state index contributed by atoms with van der Waals surface area (Å²) in [6.45, 7) is 12.9. The summed E-state index contributed by atoms with van der Waals surface area (Å²) in [4.78, 5) is 5.29. The lowest BCUT2D eigenvalue weighted by atomic mass is 9.87. The van der Waals surface area contributed by atoms with Crippen LogP contribution in [0.5, 0.6) is 0 Å². The molecule has 2 aliphatic heterocycles. The van der Waals surface area contributed by atoms with E-state index in [1.807, 2.05) is 0 Å². The quantitative estimate of drug-likeness (QED) is 0.834. The van der Waals surface area contributed by atoms with E-state index < -0.39 is 0 Å². The van der Waals surface area contributed by atoms with E-state index in [1.54, 1.807) is 0 Å². The van der Waals surface area contributed by atoms with Crippen LogP contribution < -0.4 is 5.73 Å². The molecule has 0 spiro atoms. The molecule has 2 atom stereocenters. The predicted molar refractivity (Wildman–Crippen MR) is 77.7 cm³/mol. The maximum absolute atomic E-state index is 6.30. The second-order valence-corrected chi connectivity index (χ2v) is 7.27. The minimum absolute atomic E-state index is 0.225. The van der Waals surface area contributed by atoms with Gasteiger partial charge in [-0.15, -0.1) is 0 Å². The zero-order valence-electron chi connectivity index (χ0n) is 12.5. The number of hydrogen-bond acceptors (Lipinski definition) is 3. The Labute approximate surface area is 113 Å². The van der Waals surface area contributed by atoms with Crippen LogP contribution in [0.15, 0.2) is 0 Å². The summed E-state index contributed by atoms with van der Waals surface area (Å²) >= 11 is 0. The van der Waals surface area contributed by atoms with E-state index in [4.69, 9.17) is 5.73 Å². The normalized spacial score (nSPS) is 29.7. The van der Waals surface area contributed by atoms with Crippen LogP contribution in [-0.2, 0) is 0 Å². The molecule has 0 radical (unpaired) electrons. The molecule has 0 amide bonds. The number of nitrogens with two attached hydrogens (primary N) is 1. The summed E-state index contributed by atoms with van der Waals surface area (Å²) in [6, 6.07) is 1.09. The molecule has 3 nitrogen and oxygen atoms in total. The molecule has 2 rings (SSSR count). The third kappa shape index (κ3) is 3.69. The Balaban J connectivity index is 1.77. The fourth-order valence-electron chi connectivity index (χ4n) is 3.11. The predicted octanol–water partition coefficient (Wildman–Crippen LogP) is 1.92. The minimum Gasteiger partial charge on any atom is -0.326 e. The van der Waals surface area contributed by atoms with E-state index in [0.29, 0.717) is 0 Å². The summed E-state index contributed by atoms with van der Waals surface area (Å²) in [5, 5.41) is 0. The Morgan fingerprint density at radius 2 is 1.78 bits per heavy atom. The van der Waals surface area contributed by atoms with Crippen molar-refractivity contribution in [1.82, 2.24) is 9.80 Å². The Bertz CT molecular complexity index is 253. The zero-order chi connectivity index (χ0) is 13.2. The molecule has 2 heterocycles. The maximum atomic E-state index is 6.30. The molecule has 0 aromatic rings. The van der Waals surface area contributed by atoms with E-state index in [1.165, 1.54) is 51.9 Å². The zero-order valence-corrected chi connectivity index (χ0v) is 12.5. The molecule has 2 unspecified atom stereocenters. The van der Waals surface area contributed by atoms with Gasteiger partial charge in [-0.25, -0.2) is 0 Å². The SMILES string of the molecule is CC(C)(C)C(N)CN1CCC(N2CCCCC2)C1. The molecule has 0 aromatic carbocycles. The van der Waals surface area contributed by atoms with Crippen LogP contribution in [0.4, 0.5) is 0 Å². The van der Waals surface area contributed by atoms with Crippen molar-refractivity contribution >= 4 is 0 Å². The van der Waals surface area contributed by atoms with Gasteiger partial charge in [-0.2, -0.15) is 0 Å². The Morgan fingerprint density at radius 1 is 1.11 bits per heavy atom. The first-order valence-corrected chi connectivity index (χ1v) is 7.69. The van der Waals surface area contributed by atoms with E-state index in [-0.39, 0.29) is 11.5 Å². The highest BCUT2D eigenvalue weighted by Gasteiger charge is 2.31. The smallest absolute Gasteiger partial charge is 0.0235 e. The van der Waals surface area contributed by atoms with Crippen molar-refractivity contribution < 1.29 is 0 Å². The van der Waals surface area contributed by atoms with Crippen molar-refractivity contribution in [2.24, 2.45) is 11.1 Å². The molecule has 0 saturated carbocycles. The number of hydrogen-bond donors (Lipinski definition) is 1. The van der Waals surface area contributed by atoms with Gasteiger partial charge in [0.2, 0.25) is 0 Å². The first kappa shape index (κ1) is 14.3. The fraction of sp³-hybridized carbons (Fsp3) is 1.00. The highest BCUT2D eigenvalue weighted by molar-refractivity contribution is 4.88. The standard InChI is InChI=1S/C15H31N3/c1-15(2,3)14(16)12-17-10-7-13(11-17)18-8-5-4-6-9-18/h13-14H,4-12,16H2,1-3H3. The van der Waals surface area contributed by atoms with Gasteiger partial charge in [0, 0.05) is 25.2 Å². The molecule has 0 bridgehead atoms. The van der Waals surface area contributed by atoms with Crippen molar-refractivity contribution in [3.8, 4) is 0 Å². The lowest BCUT2D eigenvalue weighted by Crippen LogP contribution is -2.46. The van der Waals surface area contributed by atoms with E-state index in [9.17, 15) is 0 Å². The highest BCUT2D eigenvalue weighted by atomic mass is 15.3. The molecule has 2 N–H and O–H groups in total. The average Bonchev–Trinajstić information content (AvgIpc) is 2.77. The minimum atomic E-state index is 0.225. The summed E-state index contributed by atoms with van der Waals surface area (Å²) < 4.78 is 0. The highest BCUT2D eigenvalue weighted by Crippen LogP contribution is 2.23. The van der Waals surface area contributed by atoms with Crippen LogP contribution in [0.1, 0.15) is 46.5 Å². The largest absolute Gasteiger partial charge is 0.326 e. The summed E-state index contributed by atoms with van der Waals surface area (Å²) in [7, 11) is 0. The van der Waals surface area contributed by atoms with Gasteiger partial charge in [0.25, 0.3) is 0 Å². The number of rotatable bonds is 3. The van der Waals surface area contributed by atoms with E-state index >= 15 is 0 Å². The first-order valence-electron chi connectivity index (χ1n) is 7.69. The van der Waals surface area contributed by atoms with Crippen LogP contribution >= 0.6 is 0 Å². The fourth-order valence-corrected chi connectivity index (χ4v) is 3.11. The molecule has 106 valence electrons. The second kappa shape index (κ2) is 5.89. The van der Waals surface area contributed by atoms with Crippen LogP contribution in [0.2, 0.25) is 0 Å². The van der Waals surface area contributed by atoms with Gasteiger partial charge >= 0.3 is 0 Å². The molecule has 2 saturated heterocycles. The number of likely N-dealkylation sites (tertiary alicyclic amines) is 2. The Kier molecular flexibility index (Phi) is 4.68. The van der Waals surface area contributed by atoms with Crippen LogP contribution in [0.3, 0.4) is 0 Å². The van der Waals surface area contributed by atoms with Crippen molar-refractivity contribution in [1.29, 1.82) is 0 Å². The molecule has 0 aromatic heterocycles. The van der Waals surface area contributed by atoms with Crippen LogP contribution in [0, 0.1) is 5.41 Å². The first-order chi connectivity index (χ1) is 8.47. The monoisotopic (exact) mass is 253 g/mol. The Hall–Kier alpha value is -0.120. The molecule has 0 aliphatic carbocycles. The van der Waals surface area contributed by atoms with Crippen molar-refractivity contribution in [3.05, 3.63) is 0 Å². The van der Waals surface area contributed by atoms with Gasteiger partial charge in [-0.3, -0.25) is 4.90 Å². The average molecular weight is 253 g/mol. The topological polar surface area (TPSA) is 32.5 Å². The van der Waals surface area contributed by atoms with Gasteiger partial charge in [0.1, 0.15) is 0 Å². The van der Waals surface area contributed by atoms with E-state index in [0.717, 1.165) is 12.6 Å². The molecule has 2 aliphatic rings. The Morgan fingerprint density at radius 3 is 2.39 bits per heavy atom. The molecule has 18 heavy (non-hydrogen) atoms. The number of nitrogens with zero attached hydrogens (tertiary/aromatic N) is 2. The van der Waals surface area contributed by atoms with Gasteiger partial charge in [-0.1, -0.05) is 27.2 Å². The van der Waals surface area contributed by atoms with Crippen molar-refractivity contribution in [2.75, 3.05) is 32.7 Å². The molecular formula is C15H31N3. The number of piperidine rings is 1. The van der Waals surface area contributed by atoms with Gasteiger partial charge < -0.3 is 10.6 Å². The van der Waals surface area contributed by atoms with Crippen molar-refractivity contribution in [2.45, 2.75) is 58.5 Å². The lowest BCUT2D eigenvalue weighted by Gasteiger charge is -2.33. The van der Waals surface area contributed by atoms with Crippen LogP contribution in [-0.4, -0.2) is 54.6 Å². The third-order valence-electron chi connectivity index (χ3n) is 4.72. The van der Waals surface area contributed by atoms with Gasteiger partial charge in [0.05, 0.1) is 0 Å². The van der Waals surface area contributed by atoms with Crippen molar-refractivity contribution in [3.63, 3.8) is 0 Å². The molecule has 2 fully saturated rings. The van der Waals surface area contributed by atoms with Gasteiger partial charge in [-0.05, 0) is 44.3 Å². The maximum Gasteiger partial charge on any atom is 0.0235 e. The lowest BCUT2D eigenvalue weighted by molar-refractivity contribution is 0.155. The third-order valence-corrected chi connectivity index (χ3v) is 4.72. The van der Waals surface area contributed by atoms with Crippen LogP contribution in [0.25, 0.3) is 0 Å². The molecular weight excluding hydrogens is 222 g/mol. The van der Waals surface area contributed by atoms with Gasteiger partial charge in [0.15, 0.2) is 0 Å². The second-order valence-electron chi connectivity index (χ2n) is 7.27. The molecule has 3 heteroatoms.